The molecule has 0 radical (unpaired) electrons. The van der Waals surface area contributed by atoms with Crippen LogP contribution >= 0.6 is 34.8 Å². The van der Waals surface area contributed by atoms with Gasteiger partial charge in [0.05, 0.1) is 6.61 Å². The number of halogens is 3. The third-order valence-electron chi connectivity index (χ3n) is 1.32. The molecule has 0 aliphatic heterocycles. The molecule has 2 N–H and O–H groups in total. The molecule has 0 spiro atoms. The Hall–Kier alpha value is 0.260. The van der Waals surface area contributed by atoms with E-state index in [-0.39, 0.29) is 0 Å². The number of ether oxygens (including phenoxy) is 1. The Morgan fingerprint density at radius 2 is 1.69 bits per heavy atom. The standard InChI is InChI=1S/C5H10O3.C4H7Cl3O/c1-3-8-5(7)4(2)6;1-3(2,8)4(5,6)7/h4,6H,3H2,1-2H3;8H,1-2H3. The van der Waals surface area contributed by atoms with Crippen molar-refractivity contribution in [3.05, 3.63) is 0 Å². The molecule has 7 heteroatoms. The minimum atomic E-state index is -1.59. The summed E-state index contributed by atoms with van der Waals surface area (Å²) in [5.74, 6) is -0.562. The average Bonchev–Trinajstić information content (AvgIpc) is 2.01. The third-order valence-corrected chi connectivity index (χ3v) is 2.71. The fraction of sp³-hybridized carbons (Fsp3) is 0.889. The van der Waals surface area contributed by atoms with Crippen molar-refractivity contribution in [2.75, 3.05) is 6.61 Å². The van der Waals surface area contributed by atoms with Crippen LogP contribution in [0.25, 0.3) is 0 Å². The normalized spacial score (nSPS) is 13.6. The molecule has 16 heavy (non-hydrogen) atoms. The van der Waals surface area contributed by atoms with Crippen LogP contribution in [0.15, 0.2) is 0 Å². The second kappa shape index (κ2) is 7.56. The number of hydrogen-bond donors (Lipinski definition) is 2. The summed E-state index contributed by atoms with van der Waals surface area (Å²) in [5.41, 5.74) is -1.27. The first-order valence-electron chi connectivity index (χ1n) is 4.57. The van der Waals surface area contributed by atoms with Crippen molar-refractivity contribution >= 4 is 40.8 Å². The van der Waals surface area contributed by atoms with E-state index < -0.39 is 21.5 Å². The van der Waals surface area contributed by atoms with Crippen LogP contribution < -0.4 is 0 Å². The summed E-state index contributed by atoms with van der Waals surface area (Å²) in [4.78, 5) is 10.3. The van der Waals surface area contributed by atoms with Crippen LogP contribution in [0, 0.1) is 0 Å². The quantitative estimate of drug-likeness (QED) is 0.604. The highest BCUT2D eigenvalue weighted by atomic mass is 35.6. The van der Waals surface area contributed by atoms with E-state index in [1.807, 2.05) is 0 Å². The molecule has 0 aliphatic rings. The van der Waals surface area contributed by atoms with Gasteiger partial charge in [0, 0.05) is 0 Å². The number of carbonyl (C=O) groups is 1. The number of aliphatic hydroxyl groups excluding tert-OH is 1. The van der Waals surface area contributed by atoms with Gasteiger partial charge in [0.1, 0.15) is 11.7 Å². The molecule has 0 amide bonds. The molecule has 0 bridgehead atoms. The van der Waals surface area contributed by atoms with Gasteiger partial charge in [-0.05, 0) is 27.7 Å². The van der Waals surface area contributed by atoms with E-state index in [1.165, 1.54) is 20.8 Å². The van der Waals surface area contributed by atoms with Crippen LogP contribution in [0.1, 0.15) is 27.7 Å². The van der Waals surface area contributed by atoms with E-state index in [0.717, 1.165) is 0 Å². The second-order valence-corrected chi connectivity index (χ2v) is 5.77. The highest BCUT2D eigenvalue weighted by Gasteiger charge is 2.38. The van der Waals surface area contributed by atoms with Gasteiger partial charge < -0.3 is 14.9 Å². The van der Waals surface area contributed by atoms with Crippen molar-refractivity contribution in [2.45, 2.75) is 43.2 Å². The molecule has 0 aromatic rings. The van der Waals surface area contributed by atoms with E-state index in [9.17, 15) is 4.79 Å². The van der Waals surface area contributed by atoms with E-state index in [0.29, 0.717) is 6.61 Å². The Morgan fingerprint density at radius 1 is 1.38 bits per heavy atom. The van der Waals surface area contributed by atoms with Crippen molar-refractivity contribution in [2.24, 2.45) is 0 Å². The van der Waals surface area contributed by atoms with Crippen molar-refractivity contribution in [3.63, 3.8) is 0 Å². The predicted molar refractivity (Wildman–Crippen MR) is 64.9 cm³/mol. The number of hydrogen-bond acceptors (Lipinski definition) is 4. The van der Waals surface area contributed by atoms with Crippen molar-refractivity contribution in [1.82, 2.24) is 0 Å². The van der Waals surface area contributed by atoms with Gasteiger partial charge >= 0.3 is 5.97 Å². The lowest BCUT2D eigenvalue weighted by atomic mass is 10.2. The first-order valence-corrected chi connectivity index (χ1v) is 5.70. The molecule has 0 heterocycles. The zero-order valence-corrected chi connectivity index (χ0v) is 11.9. The number of rotatable bonds is 2. The maximum absolute atomic E-state index is 10.3. The minimum absolute atomic E-state index is 0.323. The smallest absolute Gasteiger partial charge is 0.334 e. The molecule has 0 aromatic heterocycles. The van der Waals surface area contributed by atoms with Gasteiger partial charge in [-0.1, -0.05) is 34.8 Å². The van der Waals surface area contributed by atoms with E-state index in [2.05, 4.69) is 4.74 Å². The zero-order valence-electron chi connectivity index (χ0n) is 9.63. The number of alkyl halides is 3. The Kier molecular flexibility index (Phi) is 8.80. The molecule has 0 saturated heterocycles. The molecule has 0 aliphatic carbocycles. The van der Waals surface area contributed by atoms with Crippen LogP contribution in [-0.4, -0.2) is 38.3 Å². The van der Waals surface area contributed by atoms with Gasteiger partial charge in [-0.2, -0.15) is 0 Å². The summed E-state index contributed by atoms with van der Waals surface area (Å²) < 4.78 is 2.82. The number of aliphatic hydroxyl groups is 2. The van der Waals surface area contributed by atoms with Gasteiger partial charge in [0.15, 0.2) is 0 Å². The van der Waals surface area contributed by atoms with E-state index in [1.54, 1.807) is 6.92 Å². The number of carbonyl (C=O) groups excluding carboxylic acids is 1. The van der Waals surface area contributed by atoms with Crippen molar-refractivity contribution in [1.29, 1.82) is 0 Å². The van der Waals surface area contributed by atoms with E-state index >= 15 is 0 Å². The van der Waals surface area contributed by atoms with Crippen molar-refractivity contribution < 1.29 is 19.7 Å². The summed E-state index contributed by atoms with van der Waals surface area (Å²) in [5, 5.41) is 17.4. The molecule has 0 fully saturated rings. The minimum Gasteiger partial charge on any atom is -0.464 e. The molecule has 1 atom stereocenters. The number of esters is 1. The fourth-order valence-corrected chi connectivity index (χ4v) is 0.263. The van der Waals surface area contributed by atoms with Crippen molar-refractivity contribution in [3.8, 4) is 0 Å². The Balaban J connectivity index is 0. The van der Waals surface area contributed by atoms with Gasteiger partial charge in [0.2, 0.25) is 3.79 Å². The Bertz CT molecular complexity index is 194. The summed E-state index contributed by atoms with van der Waals surface area (Å²) >= 11 is 15.9. The lowest BCUT2D eigenvalue weighted by Gasteiger charge is -2.25. The highest BCUT2D eigenvalue weighted by Crippen LogP contribution is 2.37. The molecular weight excluding hydrogens is 278 g/mol. The molecule has 1 unspecified atom stereocenters. The topological polar surface area (TPSA) is 66.8 Å². The monoisotopic (exact) mass is 294 g/mol. The summed E-state index contributed by atoms with van der Waals surface area (Å²) in [7, 11) is 0. The Morgan fingerprint density at radius 3 is 1.75 bits per heavy atom. The van der Waals surface area contributed by atoms with Crippen LogP contribution in [0.4, 0.5) is 0 Å². The van der Waals surface area contributed by atoms with Gasteiger partial charge in [-0.25, -0.2) is 4.79 Å². The third kappa shape index (κ3) is 9.48. The average molecular weight is 296 g/mol. The van der Waals surface area contributed by atoms with Crippen LogP contribution in [0.3, 0.4) is 0 Å². The lowest BCUT2D eigenvalue weighted by Crippen LogP contribution is -2.35. The molecule has 4 nitrogen and oxygen atoms in total. The summed E-state index contributed by atoms with van der Waals surface area (Å²) in [6.07, 6.45) is -0.991. The fourth-order valence-electron chi connectivity index (χ4n) is 0.263. The first kappa shape index (κ1) is 18.6. The second-order valence-electron chi connectivity index (χ2n) is 3.48. The molecule has 0 aromatic carbocycles. The van der Waals surface area contributed by atoms with E-state index in [4.69, 9.17) is 45.0 Å². The molecular formula is C9H17Cl3O4. The maximum atomic E-state index is 10.3. The largest absolute Gasteiger partial charge is 0.464 e. The first-order chi connectivity index (χ1) is 6.93. The van der Waals surface area contributed by atoms with Crippen LogP contribution in [-0.2, 0) is 9.53 Å². The summed E-state index contributed by atoms with van der Waals surface area (Å²) in [6.45, 7) is 6.25. The molecule has 0 rings (SSSR count). The van der Waals surface area contributed by atoms with Gasteiger partial charge in [0.25, 0.3) is 0 Å². The zero-order chi connectivity index (χ0) is 13.6. The highest BCUT2D eigenvalue weighted by molar-refractivity contribution is 6.68. The Labute approximate surface area is 110 Å². The lowest BCUT2D eigenvalue weighted by molar-refractivity contribution is -0.151. The van der Waals surface area contributed by atoms with Crippen LogP contribution in [0.5, 0.6) is 0 Å². The van der Waals surface area contributed by atoms with Crippen LogP contribution in [0.2, 0.25) is 0 Å². The summed E-state index contributed by atoms with van der Waals surface area (Å²) in [6, 6.07) is 0. The van der Waals surface area contributed by atoms with Gasteiger partial charge in [-0.3, -0.25) is 0 Å². The predicted octanol–water partition coefficient (Wildman–Crippen LogP) is 2.06. The SMILES string of the molecule is CC(C)(O)C(Cl)(Cl)Cl.CCOC(=O)C(C)O. The van der Waals surface area contributed by atoms with Gasteiger partial charge in [-0.15, -0.1) is 0 Å². The molecule has 0 saturated carbocycles. The molecule has 98 valence electrons. The maximum Gasteiger partial charge on any atom is 0.334 e.